The molecule has 1 heterocycles. The normalized spacial score (nSPS) is 19.0. The summed E-state index contributed by atoms with van der Waals surface area (Å²) in [6, 6.07) is 6.28. The first-order chi connectivity index (χ1) is 10.1. The van der Waals surface area contributed by atoms with Crippen molar-refractivity contribution in [3.8, 4) is 0 Å². The van der Waals surface area contributed by atoms with Crippen LogP contribution in [0.3, 0.4) is 0 Å². The molecule has 1 aromatic rings. The van der Waals surface area contributed by atoms with E-state index in [9.17, 15) is 9.59 Å². The van der Waals surface area contributed by atoms with E-state index < -0.39 is 5.97 Å². The van der Waals surface area contributed by atoms with Gasteiger partial charge in [0.25, 0.3) is 0 Å². The largest absolute Gasteiger partial charge is 0.478 e. The molecule has 21 heavy (non-hydrogen) atoms. The molecule has 2 amide bonds. The topological polar surface area (TPSA) is 87.7 Å². The minimum atomic E-state index is -0.958. The fraction of sp³-hybridized carbons (Fsp3) is 0.467. The van der Waals surface area contributed by atoms with E-state index in [2.05, 4.69) is 10.6 Å². The summed E-state index contributed by atoms with van der Waals surface area (Å²) in [5, 5.41) is 14.5. The van der Waals surface area contributed by atoms with Gasteiger partial charge in [0.15, 0.2) is 0 Å². The highest BCUT2D eigenvalue weighted by Crippen LogP contribution is 2.16. The molecule has 0 saturated carbocycles. The molecule has 1 aromatic carbocycles. The van der Waals surface area contributed by atoms with Crippen molar-refractivity contribution in [1.82, 2.24) is 10.6 Å². The number of carboxylic acids is 1. The Kier molecular flexibility index (Phi) is 5.16. The summed E-state index contributed by atoms with van der Waals surface area (Å²) in [5.74, 6) is -0.592. The van der Waals surface area contributed by atoms with Crippen LogP contribution >= 0.6 is 0 Å². The summed E-state index contributed by atoms with van der Waals surface area (Å²) in [6.45, 7) is 3.78. The van der Waals surface area contributed by atoms with Crippen LogP contribution in [-0.2, 0) is 11.3 Å². The molecule has 2 atom stereocenters. The number of amides is 2. The number of hydrogen-bond donors (Lipinski definition) is 3. The second kappa shape index (κ2) is 7.08. The Labute approximate surface area is 123 Å². The number of hydrogen-bond acceptors (Lipinski definition) is 3. The smallest absolute Gasteiger partial charge is 0.335 e. The quantitative estimate of drug-likeness (QED) is 0.769. The number of nitrogens with one attached hydrogen (secondary N) is 2. The van der Waals surface area contributed by atoms with E-state index in [0.29, 0.717) is 19.1 Å². The summed E-state index contributed by atoms with van der Waals surface area (Å²) in [5.41, 5.74) is 1.09. The van der Waals surface area contributed by atoms with E-state index in [0.717, 1.165) is 18.6 Å². The standard InChI is InChI=1S/C15H20N2O4/c1-10(13-6-7-21-9-13)17-15(20)16-8-11-2-4-12(5-3-11)14(18)19/h2-5,10,13H,6-9H2,1H3,(H,18,19)(H2,16,17,20). The van der Waals surface area contributed by atoms with Crippen molar-refractivity contribution in [3.05, 3.63) is 35.4 Å². The van der Waals surface area contributed by atoms with Gasteiger partial charge in [-0.15, -0.1) is 0 Å². The molecular weight excluding hydrogens is 272 g/mol. The maximum absolute atomic E-state index is 11.8. The molecule has 0 aromatic heterocycles. The first-order valence-electron chi connectivity index (χ1n) is 7.00. The maximum atomic E-state index is 11.8. The van der Waals surface area contributed by atoms with Crippen molar-refractivity contribution >= 4 is 12.0 Å². The van der Waals surface area contributed by atoms with Crippen LogP contribution in [0.5, 0.6) is 0 Å². The van der Waals surface area contributed by atoms with Crippen LogP contribution in [0.25, 0.3) is 0 Å². The van der Waals surface area contributed by atoms with E-state index in [1.165, 1.54) is 12.1 Å². The van der Waals surface area contributed by atoms with E-state index in [1.54, 1.807) is 12.1 Å². The summed E-state index contributed by atoms with van der Waals surface area (Å²) >= 11 is 0. The van der Waals surface area contributed by atoms with Crippen LogP contribution in [0.15, 0.2) is 24.3 Å². The lowest BCUT2D eigenvalue weighted by molar-refractivity contribution is 0.0697. The predicted octanol–water partition coefficient (Wildman–Crippen LogP) is 1.61. The average molecular weight is 292 g/mol. The number of carbonyl (C=O) groups is 2. The van der Waals surface area contributed by atoms with Crippen LogP contribution in [0.2, 0.25) is 0 Å². The predicted molar refractivity (Wildman–Crippen MR) is 77.2 cm³/mol. The van der Waals surface area contributed by atoms with Crippen molar-refractivity contribution < 1.29 is 19.4 Å². The van der Waals surface area contributed by atoms with Gasteiger partial charge in [-0.05, 0) is 31.0 Å². The molecule has 1 fully saturated rings. The van der Waals surface area contributed by atoms with Crippen molar-refractivity contribution in [2.75, 3.05) is 13.2 Å². The fourth-order valence-electron chi connectivity index (χ4n) is 2.27. The molecule has 114 valence electrons. The van der Waals surface area contributed by atoms with Gasteiger partial charge in [0.05, 0.1) is 12.2 Å². The summed E-state index contributed by atoms with van der Waals surface area (Å²) in [4.78, 5) is 22.5. The van der Waals surface area contributed by atoms with E-state index in [4.69, 9.17) is 9.84 Å². The van der Waals surface area contributed by atoms with E-state index in [1.807, 2.05) is 6.92 Å². The van der Waals surface area contributed by atoms with Crippen LogP contribution in [0, 0.1) is 5.92 Å². The second-order valence-electron chi connectivity index (χ2n) is 5.24. The third kappa shape index (κ3) is 4.46. The van der Waals surface area contributed by atoms with Gasteiger partial charge < -0.3 is 20.5 Å². The fourth-order valence-corrected chi connectivity index (χ4v) is 2.27. The summed E-state index contributed by atoms with van der Waals surface area (Å²) in [7, 11) is 0. The van der Waals surface area contributed by atoms with Crippen molar-refractivity contribution in [2.45, 2.75) is 25.9 Å². The minimum Gasteiger partial charge on any atom is -0.478 e. The lowest BCUT2D eigenvalue weighted by Gasteiger charge is -2.19. The van der Waals surface area contributed by atoms with Crippen molar-refractivity contribution in [1.29, 1.82) is 0 Å². The first-order valence-corrected chi connectivity index (χ1v) is 7.00. The summed E-state index contributed by atoms with van der Waals surface area (Å²) in [6.07, 6.45) is 0.970. The van der Waals surface area contributed by atoms with Crippen molar-refractivity contribution in [3.63, 3.8) is 0 Å². The zero-order chi connectivity index (χ0) is 15.2. The lowest BCUT2D eigenvalue weighted by Crippen LogP contribution is -2.44. The molecule has 0 spiro atoms. The molecule has 0 aliphatic carbocycles. The molecule has 3 N–H and O–H groups in total. The number of aromatic carboxylic acids is 1. The molecule has 6 nitrogen and oxygen atoms in total. The van der Waals surface area contributed by atoms with Gasteiger partial charge in [0, 0.05) is 25.1 Å². The Balaban J connectivity index is 1.76. The Hall–Kier alpha value is -2.08. The minimum absolute atomic E-state index is 0.0712. The van der Waals surface area contributed by atoms with Gasteiger partial charge in [0.2, 0.25) is 0 Å². The Morgan fingerprint density at radius 2 is 2.10 bits per heavy atom. The first kappa shape index (κ1) is 15.3. The molecule has 2 unspecified atom stereocenters. The average Bonchev–Trinajstić information content (AvgIpc) is 3.00. The van der Waals surface area contributed by atoms with Crippen LogP contribution in [0.1, 0.15) is 29.3 Å². The Bertz CT molecular complexity index is 495. The van der Waals surface area contributed by atoms with E-state index in [-0.39, 0.29) is 17.6 Å². The highest BCUT2D eigenvalue weighted by Gasteiger charge is 2.23. The maximum Gasteiger partial charge on any atom is 0.335 e. The third-order valence-electron chi connectivity index (χ3n) is 3.68. The van der Waals surface area contributed by atoms with E-state index >= 15 is 0 Å². The number of rotatable bonds is 5. The number of carboxylic acid groups (broad SMARTS) is 1. The second-order valence-corrected chi connectivity index (χ2v) is 5.24. The van der Waals surface area contributed by atoms with Gasteiger partial charge >= 0.3 is 12.0 Å². The van der Waals surface area contributed by atoms with Crippen LogP contribution in [-0.4, -0.2) is 36.4 Å². The van der Waals surface area contributed by atoms with Crippen molar-refractivity contribution in [2.24, 2.45) is 5.92 Å². The molecule has 1 saturated heterocycles. The number of benzene rings is 1. The Morgan fingerprint density at radius 1 is 1.38 bits per heavy atom. The molecule has 0 radical (unpaired) electrons. The monoisotopic (exact) mass is 292 g/mol. The zero-order valence-electron chi connectivity index (χ0n) is 12.0. The SMILES string of the molecule is CC(NC(=O)NCc1ccc(C(=O)O)cc1)C1CCOC1. The highest BCUT2D eigenvalue weighted by atomic mass is 16.5. The number of urea groups is 1. The van der Waals surface area contributed by atoms with Crippen LogP contribution in [0.4, 0.5) is 4.79 Å². The van der Waals surface area contributed by atoms with Gasteiger partial charge in [-0.3, -0.25) is 0 Å². The zero-order valence-corrected chi connectivity index (χ0v) is 12.0. The molecule has 2 rings (SSSR count). The van der Waals surface area contributed by atoms with Gasteiger partial charge in [-0.2, -0.15) is 0 Å². The van der Waals surface area contributed by atoms with Gasteiger partial charge in [0.1, 0.15) is 0 Å². The third-order valence-corrected chi connectivity index (χ3v) is 3.68. The summed E-state index contributed by atoms with van der Waals surface area (Å²) < 4.78 is 5.30. The number of carbonyl (C=O) groups excluding carboxylic acids is 1. The highest BCUT2D eigenvalue weighted by molar-refractivity contribution is 5.87. The van der Waals surface area contributed by atoms with Gasteiger partial charge in [-0.25, -0.2) is 9.59 Å². The molecule has 1 aliphatic rings. The molecule has 0 bridgehead atoms. The van der Waals surface area contributed by atoms with Gasteiger partial charge in [-0.1, -0.05) is 12.1 Å². The molecular formula is C15H20N2O4. The molecule has 6 heteroatoms. The number of ether oxygens (including phenoxy) is 1. The van der Waals surface area contributed by atoms with Crippen LogP contribution < -0.4 is 10.6 Å². The Morgan fingerprint density at radius 3 is 2.67 bits per heavy atom. The molecule has 1 aliphatic heterocycles. The lowest BCUT2D eigenvalue weighted by atomic mass is 10.0.